The van der Waals surface area contributed by atoms with Gasteiger partial charge in [-0.15, -0.1) is 0 Å². The maximum Gasteiger partial charge on any atom is 0.223 e. The van der Waals surface area contributed by atoms with Crippen molar-refractivity contribution >= 4 is 5.91 Å². The van der Waals surface area contributed by atoms with Crippen molar-refractivity contribution < 1.29 is 14.3 Å². The molecule has 2 rings (SSSR count). The summed E-state index contributed by atoms with van der Waals surface area (Å²) in [5, 5.41) is 0. The molecule has 1 amide bonds. The average Bonchev–Trinajstić information content (AvgIpc) is 2.73. The normalized spacial score (nSPS) is 26.2. The van der Waals surface area contributed by atoms with E-state index in [0.29, 0.717) is 13.2 Å². The van der Waals surface area contributed by atoms with Crippen molar-refractivity contribution in [2.24, 2.45) is 11.1 Å². The summed E-state index contributed by atoms with van der Waals surface area (Å²) in [5.74, 6) is -0.162. The van der Waals surface area contributed by atoms with Crippen LogP contribution < -0.4 is 5.73 Å². The minimum Gasteiger partial charge on any atom is -0.369 e. The molecule has 13 heavy (non-hydrogen) atoms. The Morgan fingerprint density at radius 2 is 2.00 bits per heavy atom. The van der Waals surface area contributed by atoms with Gasteiger partial charge < -0.3 is 15.2 Å². The molecule has 2 aliphatic rings. The zero-order valence-electron chi connectivity index (χ0n) is 7.62. The Bertz CT molecular complexity index is 207. The fourth-order valence-corrected chi connectivity index (χ4v) is 1.74. The van der Waals surface area contributed by atoms with Gasteiger partial charge in [0.1, 0.15) is 0 Å². The van der Waals surface area contributed by atoms with Crippen LogP contribution in [0.25, 0.3) is 0 Å². The van der Waals surface area contributed by atoms with Gasteiger partial charge in [0.25, 0.3) is 0 Å². The van der Waals surface area contributed by atoms with Crippen LogP contribution in [0, 0.1) is 5.41 Å². The minimum atomic E-state index is -0.213. The molecule has 0 aromatic heterocycles. The highest BCUT2D eigenvalue weighted by Crippen LogP contribution is 2.49. The van der Waals surface area contributed by atoms with E-state index in [1.54, 1.807) is 0 Å². The van der Waals surface area contributed by atoms with E-state index in [2.05, 4.69) is 0 Å². The number of hydrogen-bond donors (Lipinski definition) is 1. The van der Waals surface area contributed by atoms with Crippen molar-refractivity contribution in [2.45, 2.75) is 32.0 Å². The number of carbonyl (C=O) groups excluding carboxylic acids is 1. The molecule has 0 bridgehead atoms. The second-order valence-electron chi connectivity index (χ2n) is 3.85. The standard InChI is InChI=1S/C9H15NO3/c10-8(11)9(3-4-9)2-1-7-12-5-6-13-7/h7H,1-6H2,(H2,10,11). The van der Waals surface area contributed by atoms with Gasteiger partial charge in [-0.25, -0.2) is 0 Å². The monoisotopic (exact) mass is 185 g/mol. The van der Waals surface area contributed by atoms with Crippen LogP contribution in [-0.4, -0.2) is 25.4 Å². The molecule has 1 aliphatic heterocycles. The quantitative estimate of drug-likeness (QED) is 0.689. The summed E-state index contributed by atoms with van der Waals surface area (Å²) in [6, 6.07) is 0. The number of amides is 1. The molecule has 0 unspecified atom stereocenters. The third-order valence-electron chi connectivity index (χ3n) is 2.93. The van der Waals surface area contributed by atoms with Crippen molar-refractivity contribution in [1.29, 1.82) is 0 Å². The van der Waals surface area contributed by atoms with Crippen LogP contribution in [0.1, 0.15) is 25.7 Å². The molecule has 0 aromatic carbocycles. The highest BCUT2D eigenvalue weighted by molar-refractivity contribution is 5.83. The molecule has 0 spiro atoms. The lowest BCUT2D eigenvalue weighted by Gasteiger charge is -2.13. The summed E-state index contributed by atoms with van der Waals surface area (Å²) in [5.41, 5.74) is 5.08. The van der Waals surface area contributed by atoms with Crippen molar-refractivity contribution in [3.05, 3.63) is 0 Å². The summed E-state index contributed by atoms with van der Waals surface area (Å²) in [7, 11) is 0. The molecule has 74 valence electrons. The van der Waals surface area contributed by atoms with Gasteiger partial charge in [-0.2, -0.15) is 0 Å². The Kier molecular flexibility index (Phi) is 2.26. The lowest BCUT2D eigenvalue weighted by Crippen LogP contribution is -2.26. The third kappa shape index (κ3) is 1.84. The lowest BCUT2D eigenvalue weighted by molar-refractivity contribution is -0.124. The van der Waals surface area contributed by atoms with Gasteiger partial charge >= 0.3 is 0 Å². The summed E-state index contributed by atoms with van der Waals surface area (Å²) >= 11 is 0. The van der Waals surface area contributed by atoms with E-state index in [1.165, 1.54) is 0 Å². The van der Waals surface area contributed by atoms with Gasteiger partial charge in [-0.05, 0) is 25.7 Å². The second-order valence-corrected chi connectivity index (χ2v) is 3.85. The number of ether oxygens (including phenoxy) is 2. The largest absolute Gasteiger partial charge is 0.369 e. The van der Waals surface area contributed by atoms with Crippen LogP contribution in [0.3, 0.4) is 0 Å². The second kappa shape index (κ2) is 3.27. The molecule has 1 aliphatic carbocycles. The summed E-state index contributed by atoms with van der Waals surface area (Å²) in [4.78, 5) is 11.0. The molecular formula is C9H15NO3. The van der Waals surface area contributed by atoms with Gasteiger partial charge in [0.2, 0.25) is 5.91 Å². The van der Waals surface area contributed by atoms with Crippen molar-refractivity contribution in [3.63, 3.8) is 0 Å². The molecule has 1 saturated carbocycles. The van der Waals surface area contributed by atoms with Gasteiger partial charge in [-0.1, -0.05) is 0 Å². The predicted molar refractivity (Wildman–Crippen MR) is 45.8 cm³/mol. The van der Waals surface area contributed by atoms with Crippen LogP contribution in [0.5, 0.6) is 0 Å². The Hall–Kier alpha value is -0.610. The van der Waals surface area contributed by atoms with Crippen molar-refractivity contribution in [3.8, 4) is 0 Å². The Morgan fingerprint density at radius 3 is 2.46 bits per heavy atom. The Morgan fingerprint density at radius 1 is 1.38 bits per heavy atom. The molecule has 2 fully saturated rings. The molecular weight excluding hydrogens is 170 g/mol. The summed E-state index contributed by atoms with van der Waals surface area (Å²) < 4.78 is 10.6. The van der Waals surface area contributed by atoms with Crippen molar-refractivity contribution in [2.75, 3.05) is 13.2 Å². The summed E-state index contributed by atoms with van der Waals surface area (Å²) in [6.45, 7) is 1.35. The van der Waals surface area contributed by atoms with E-state index in [-0.39, 0.29) is 17.6 Å². The van der Waals surface area contributed by atoms with E-state index >= 15 is 0 Å². The van der Waals surface area contributed by atoms with Crippen molar-refractivity contribution in [1.82, 2.24) is 0 Å². The van der Waals surface area contributed by atoms with Gasteiger partial charge in [-0.3, -0.25) is 4.79 Å². The third-order valence-corrected chi connectivity index (χ3v) is 2.93. The number of rotatable bonds is 4. The zero-order chi connectivity index (χ0) is 9.31. The number of nitrogens with two attached hydrogens (primary N) is 1. The fourth-order valence-electron chi connectivity index (χ4n) is 1.74. The van der Waals surface area contributed by atoms with E-state index in [0.717, 1.165) is 25.7 Å². The maximum absolute atomic E-state index is 11.0. The zero-order valence-corrected chi connectivity index (χ0v) is 7.62. The smallest absolute Gasteiger partial charge is 0.223 e. The molecule has 4 heteroatoms. The first kappa shape index (κ1) is 8.97. The first-order chi connectivity index (χ1) is 6.23. The SMILES string of the molecule is NC(=O)C1(CCC2OCCO2)CC1. The summed E-state index contributed by atoms with van der Waals surface area (Å²) in [6.07, 6.45) is 3.39. The van der Waals surface area contributed by atoms with E-state index in [4.69, 9.17) is 15.2 Å². The van der Waals surface area contributed by atoms with Crippen LogP contribution in [-0.2, 0) is 14.3 Å². The van der Waals surface area contributed by atoms with E-state index < -0.39 is 0 Å². The van der Waals surface area contributed by atoms with Crippen LogP contribution in [0.2, 0.25) is 0 Å². The molecule has 0 aromatic rings. The highest BCUT2D eigenvalue weighted by Gasteiger charge is 2.48. The van der Waals surface area contributed by atoms with E-state index in [1.807, 2.05) is 0 Å². The Balaban J connectivity index is 1.75. The van der Waals surface area contributed by atoms with Gasteiger partial charge in [0.05, 0.1) is 13.2 Å². The molecule has 1 heterocycles. The molecule has 4 nitrogen and oxygen atoms in total. The molecule has 1 saturated heterocycles. The number of carbonyl (C=O) groups is 1. The van der Waals surface area contributed by atoms with Crippen LogP contribution in [0.4, 0.5) is 0 Å². The number of hydrogen-bond acceptors (Lipinski definition) is 3. The fraction of sp³-hybridized carbons (Fsp3) is 0.889. The lowest BCUT2D eigenvalue weighted by atomic mass is 9.99. The molecule has 2 N–H and O–H groups in total. The van der Waals surface area contributed by atoms with Gasteiger partial charge in [0, 0.05) is 5.41 Å². The topological polar surface area (TPSA) is 61.6 Å². The average molecular weight is 185 g/mol. The predicted octanol–water partition coefficient (Wildman–Crippen LogP) is 0.405. The Labute approximate surface area is 77.4 Å². The van der Waals surface area contributed by atoms with Crippen LogP contribution >= 0.6 is 0 Å². The highest BCUT2D eigenvalue weighted by atomic mass is 16.7. The number of primary amides is 1. The van der Waals surface area contributed by atoms with E-state index in [9.17, 15) is 4.79 Å². The first-order valence-corrected chi connectivity index (χ1v) is 4.76. The minimum absolute atomic E-state index is 0.100. The van der Waals surface area contributed by atoms with Crippen LogP contribution in [0.15, 0.2) is 0 Å². The van der Waals surface area contributed by atoms with Gasteiger partial charge in [0.15, 0.2) is 6.29 Å². The molecule has 0 radical (unpaired) electrons. The molecule has 0 atom stereocenters. The maximum atomic E-state index is 11.0. The first-order valence-electron chi connectivity index (χ1n) is 4.76.